The predicted octanol–water partition coefficient (Wildman–Crippen LogP) is 2.15. The van der Waals surface area contributed by atoms with Crippen LogP contribution in [0.3, 0.4) is 0 Å². The highest BCUT2D eigenvalue weighted by Crippen LogP contribution is 2.14. The molecule has 1 rings (SSSR count). The van der Waals surface area contributed by atoms with Crippen LogP contribution >= 0.6 is 23.6 Å². The Morgan fingerprint density at radius 1 is 1.68 bits per heavy atom. The molecule has 3 N–H and O–H groups in total. The van der Waals surface area contributed by atoms with E-state index in [2.05, 4.69) is 22.7 Å². The number of nitrogens with two attached hydrogens (primary N) is 1. The van der Waals surface area contributed by atoms with Crippen LogP contribution in [0.15, 0.2) is 16.5 Å². The van der Waals surface area contributed by atoms with Gasteiger partial charge in [0.25, 0.3) is 0 Å². The Morgan fingerprint density at radius 2 is 2.47 bits per heavy atom. The van der Waals surface area contributed by atoms with Crippen molar-refractivity contribution in [3.8, 4) is 0 Å². The molecule has 0 spiro atoms. The van der Waals surface area contributed by atoms with E-state index in [9.17, 15) is 4.79 Å². The van der Waals surface area contributed by atoms with Crippen molar-refractivity contribution >= 4 is 40.9 Å². The molecule has 0 saturated carbocycles. The van der Waals surface area contributed by atoms with Gasteiger partial charge in [-0.05, 0) is 30.1 Å². The maximum atomic E-state index is 11.3. The van der Waals surface area contributed by atoms with Crippen LogP contribution in [0.5, 0.6) is 0 Å². The van der Waals surface area contributed by atoms with Crippen LogP contribution in [0, 0.1) is 0 Å². The van der Waals surface area contributed by atoms with Crippen molar-refractivity contribution in [1.82, 2.24) is 5.43 Å². The lowest BCUT2D eigenvalue weighted by molar-refractivity contribution is -0.145. The summed E-state index contributed by atoms with van der Waals surface area (Å²) in [7, 11) is 0. The summed E-state index contributed by atoms with van der Waals surface area (Å²) in [6.07, 6.45) is 3.95. The first-order valence-electron chi connectivity index (χ1n) is 5.93. The quantitative estimate of drug-likeness (QED) is 0.349. The third kappa shape index (κ3) is 6.88. The molecule has 1 aromatic heterocycles. The minimum absolute atomic E-state index is 0.123. The number of rotatable bonds is 7. The number of thiophene rings is 1. The van der Waals surface area contributed by atoms with E-state index >= 15 is 0 Å². The van der Waals surface area contributed by atoms with Gasteiger partial charge in [0.2, 0.25) is 0 Å². The fourth-order valence-electron chi connectivity index (χ4n) is 1.25. The minimum atomic E-state index is -0.154. The van der Waals surface area contributed by atoms with Crippen LogP contribution in [0.2, 0.25) is 0 Å². The van der Waals surface area contributed by atoms with E-state index in [0.29, 0.717) is 13.0 Å². The van der Waals surface area contributed by atoms with Crippen LogP contribution in [0.1, 0.15) is 36.6 Å². The molecule has 0 atom stereocenters. The highest BCUT2D eigenvalue weighted by atomic mass is 32.1. The zero-order valence-electron chi connectivity index (χ0n) is 10.7. The van der Waals surface area contributed by atoms with Crippen LogP contribution in [0.25, 0.3) is 0 Å². The van der Waals surface area contributed by atoms with Gasteiger partial charge in [-0.2, -0.15) is 5.10 Å². The molecule has 0 amide bonds. The van der Waals surface area contributed by atoms with Gasteiger partial charge < -0.3 is 10.5 Å². The second kappa shape index (κ2) is 8.60. The molecular formula is C12H17N3O2S2. The van der Waals surface area contributed by atoms with E-state index in [-0.39, 0.29) is 11.1 Å². The average Bonchev–Trinajstić information content (AvgIpc) is 2.81. The van der Waals surface area contributed by atoms with Crippen LogP contribution in [-0.2, 0) is 16.1 Å². The molecule has 0 aliphatic rings. The summed E-state index contributed by atoms with van der Waals surface area (Å²) in [6.45, 7) is 2.34. The third-order valence-corrected chi connectivity index (χ3v) is 3.18. The molecule has 1 heterocycles. The second-order valence-corrected chi connectivity index (χ2v) is 5.24. The highest BCUT2D eigenvalue weighted by Gasteiger charge is 2.04. The Hall–Kier alpha value is -1.47. The first-order chi connectivity index (χ1) is 9.11. The summed E-state index contributed by atoms with van der Waals surface area (Å²) in [5.74, 6) is -0.154. The van der Waals surface area contributed by atoms with Crippen molar-refractivity contribution in [3.63, 3.8) is 0 Å². The van der Waals surface area contributed by atoms with E-state index in [1.807, 2.05) is 18.4 Å². The fraction of sp³-hybridized carbons (Fsp3) is 0.417. The van der Waals surface area contributed by atoms with Gasteiger partial charge in [-0.3, -0.25) is 10.2 Å². The lowest BCUT2D eigenvalue weighted by Crippen LogP contribution is -2.23. The van der Waals surface area contributed by atoms with Gasteiger partial charge in [0, 0.05) is 16.9 Å². The van der Waals surface area contributed by atoms with Gasteiger partial charge in [-0.25, -0.2) is 0 Å². The van der Waals surface area contributed by atoms with Gasteiger partial charge in [0.15, 0.2) is 5.11 Å². The monoisotopic (exact) mass is 299 g/mol. The SMILES string of the molecule is CCCCC(=O)OCc1csc(/C=N/NC(N)=S)c1. The summed E-state index contributed by atoms with van der Waals surface area (Å²) in [6, 6.07) is 1.91. The molecule has 5 nitrogen and oxygen atoms in total. The standard InChI is InChI=1S/C12H17N3O2S2/c1-2-3-4-11(16)17-7-9-5-10(19-8-9)6-14-15-12(13)18/h5-6,8H,2-4,7H2,1H3,(H3,13,15,18)/b14-6+. The molecule has 104 valence electrons. The summed E-state index contributed by atoms with van der Waals surface area (Å²) in [5, 5.41) is 5.90. The Morgan fingerprint density at radius 3 is 3.16 bits per heavy atom. The largest absolute Gasteiger partial charge is 0.461 e. The number of hydrogen-bond donors (Lipinski definition) is 2. The third-order valence-electron chi connectivity index (χ3n) is 2.17. The molecule has 0 radical (unpaired) electrons. The van der Waals surface area contributed by atoms with Crippen LogP contribution in [-0.4, -0.2) is 17.3 Å². The summed E-state index contributed by atoms with van der Waals surface area (Å²) < 4.78 is 5.15. The molecule has 19 heavy (non-hydrogen) atoms. The number of thiocarbonyl (C=S) groups is 1. The zero-order chi connectivity index (χ0) is 14.1. The molecule has 7 heteroatoms. The molecule has 0 saturated heterocycles. The Labute approximate surface area is 121 Å². The van der Waals surface area contributed by atoms with Crippen molar-refractivity contribution in [3.05, 3.63) is 21.9 Å². The first kappa shape index (κ1) is 15.6. The van der Waals surface area contributed by atoms with E-state index in [1.165, 1.54) is 11.3 Å². The van der Waals surface area contributed by atoms with Crippen molar-refractivity contribution in [2.45, 2.75) is 32.8 Å². The van der Waals surface area contributed by atoms with Gasteiger partial charge in [-0.15, -0.1) is 11.3 Å². The summed E-state index contributed by atoms with van der Waals surface area (Å²) >= 11 is 6.13. The number of carbonyl (C=O) groups excluding carboxylic acids is 1. The number of hydrogen-bond acceptors (Lipinski definition) is 5. The number of esters is 1. The molecule has 0 fully saturated rings. The second-order valence-electron chi connectivity index (χ2n) is 3.86. The minimum Gasteiger partial charge on any atom is -0.461 e. The Balaban J connectivity index is 2.36. The maximum absolute atomic E-state index is 11.3. The summed E-state index contributed by atoms with van der Waals surface area (Å²) in [5.41, 5.74) is 8.66. The molecule has 0 aromatic carbocycles. The van der Waals surface area contributed by atoms with E-state index in [1.54, 1.807) is 6.21 Å². The topological polar surface area (TPSA) is 76.7 Å². The van der Waals surface area contributed by atoms with Crippen molar-refractivity contribution in [2.75, 3.05) is 0 Å². The molecule has 0 bridgehead atoms. The zero-order valence-corrected chi connectivity index (χ0v) is 12.4. The molecule has 0 aliphatic carbocycles. The number of unbranched alkanes of at least 4 members (excludes halogenated alkanes) is 1. The van der Waals surface area contributed by atoms with Gasteiger partial charge in [0.1, 0.15) is 6.61 Å². The van der Waals surface area contributed by atoms with Gasteiger partial charge in [0.05, 0.1) is 6.21 Å². The van der Waals surface area contributed by atoms with Gasteiger partial charge in [-0.1, -0.05) is 13.3 Å². The molecule has 0 aliphatic heterocycles. The van der Waals surface area contributed by atoms with E-state index in [4.69, 9.17) is 10.5 Å². The number of hydrazone groups is 1. The van der Waals surface area contributed by atoms with Crippen molar-refractivity contribution in [1.29, 1.82) is 0 Å². The highest BCUT2D eigenvalue weighted by molar-refractivity contribution is 7.80. The van der Waals surface area contributed by atoms with E-state index in [0.717, 1.165) is 23.3 Å². The number of carbonyl (C=O) groups is 1. The lowest BCUT2D eigenvalue weighted by Gasteiger charge is -2.01. The molecular weight excluding hydrogens is 282 g/mol. The number of nitrogens with zero attached hydrogens (tertiary/aromatic N) is 1. The van der Waals surface area contributed by atoms with Crippen LogP contribution in [0.4, 0.5) is 0 Å². The Bertz CT molecular complexity index is 458. The van der Waals surface area contributed by atoms with Crippen molar-refractivity contribution < 1.29 is 9.53 Å². The normalized spacial score (nSPS) is 10.6. The number of nitrogens with one attached hydrogen (secondary N) is 1. The average molecular weight is 299 g/mol. The van der Waals surface area contributed by atoms with Crippen molar-refractivity contribution in [2.24, 2.45) is 10.8 Å². The van der Waals surface area contributed by atoms with Crippen LogP contribution < -0.4 is 11.2 Å². The Kier molecular flexibility index (Phi) is 7.06. The molecule has 1 aromatic rings. The maximum Gasteiger partial charge on any atom is 0.306 e. The lowest BCUT2D eigenvalue weighted by atomic mass is 10.2. The first-order valence-corrected chi connectivity index (χ1v) is 7.22. The van der Waals surface area contributed by atoms with Gasteiger partial charge >= 0.3 is 5.97 Å². The summed E-state index contributed by atoms with van der Waals surface area (Å²) in [4.78, 5) is 12.3. The molecule has 0 unspecified atom stereocenters. The smallest absolute Gasteiger partial charge is 0.306 e. The predicted molar refractivity (Wildman–Crippen MR) is 81.2 cm³/mol. The fourth-order valence-corrected chi connectivity index (χ4v) is 2.06. The number of ether oxygens (including phenoxy) is 1. The van der Waals surface area contributed by atoms with E-state index < -0.39 is 0 Å².